The van der Waals surface area contributed by atoms with Gasteiger partial charge in [-0.2, -0.15) is 0 Å². The van der Waals surface area contributed by atoms with Crippen LogP contribution in [-0.4, -0.2) is 80.8 Å². The molecular weight excluding hydrogens is 672 g/mol. The fourth-order valence-electron chi connectivity index (χ4n) is 9.62. The summed E-state index contributed by atoms with van der Waals surface area (Å²) in [5.74, 6) is -2.39. The van der Waals surface area contributed by atoms with Gasteiger partial charge in [0, 0.05) is 36.8 Å². The van der Waals surface area contributed by atoms with Crippen LogP contribution in [0.25, 0.3) is 0 Å². The number of nitrogens with zero attached hydrogens (tertiary/aromatic N) is 3. The molecule has 0 radical (unpaired) electrons. The van der Waals surface area contributed by atoms with E-state index in [4.69, 9.17) is 0 Å². The molecule has 8 unspecified atom stereocenters. The molecule has 0 aromatic carbocycles. The highest BCUT2D eigenvalue weighted by Gasteiger charge is 2.55. The Morgan fingerprint density at radius 2 is 1.64 bits per heavy atom. The third kappa shape index (κ3) is 8.99. The van der Waals surface area contributed by atoms with Gasteiger partial charge in [-0.15, -0.1) is 0 Å². The molecule has 1 aromatic heterocycles. The largest absolute Gasteiger partial charge is 0.347 e. The topological polar surface area (TPSA) is 168 Å². The van der Waals surface area contributed by atoms with Crippen molar-refractivity contribution in [1.82, 2.24) is 30.8 Å². The molecule has 4 amide bonds. The Hall–Kier alpha value is -3.70. The molecule has 5 aliphatic rings. The summed E-state index contributed by atoms with van der Waals surface area (Å²) in [7, 11) is 0. The minimum atomic E-state index is -0.919. The van der Waals surface area contributed by atoms with Gasteiger partial charge in [-0.05, 0) is 93.3 Å². The van der Waals surface area contributed by atoms with Crippen molar-refractivity contribution >= 4 is 35.2 Å². The zero-order valence-corrected chi connectivity index (χ0v) is 32.1. The molecule has 0 bridgehead atoms. The normalized spacial score (nSPS) is 27.5. The van der Waals surface area contributed by atoms with E-state index in [0.717, 1.165) is 77.0 Å². The van der Waals surface area contributed by atoms with Gasteiger partial charge < -0.3 is 20.9 Å². The Labute approximate surface area is 314 Å². The van der Waals surface area contributed by atoms with Crippen molar-refractivity contribution in [3.8, 4) is 0 Å². The van der Waals surface area contributed by atoms with Gasteiger partial charge in [-0.3, -0.25) is 33.8 Å². The first-order valence-corrected chi connectivity index (χ1v) is 20.4. The fraction of sp³-hybridized carbons (Fsp3) is 0.756. The van der Waals surface area contributed by atoms with E-state index < -0.39 is 47.2 Å². The lowest BCUT2D eigenvalue weighted by Gasteiger charge is -2.42. The van der Waals surface area contributed by atoms with Gasteiger partial charge in [0.25, 0.3) is 11.8 Å². The van der Waals surface area contributed by atoms with Crippen LogP contribution in [0.4, 0.5) is 0 Å². The van der Waals surface area contributed by atoms with Crippen LogP contribution in [0.3, 0.4) is 0 Å². The van der Waals surface area contributed by atoms with Gasteiger partial charge in [-0.25, -0.2) is 4.98 Å². The summed E-state index contributed by atoms with van der Waals surface area (Å²) >= 11 is 0. The number of carbonyl (C=O) groups excluding carboxylic acids is 6. The lowest BCUT2D eigenvalue weighted by atomic mass is 9.64. The van der Waals surface area contributed by atoms with E-state index in [2.05, 4.69) is 25.9 Å². The molecule has 2 heterocycles. The molecule has 5 fully saturated rings. The molecule has 0 spiro atoms. The molecular formula is C41H60N6O6. The molecule has 1 aliphatic heterocycles. The summed E-state index contributed by atoms with van der Waals surface area (Å²) in [6.07, 6.45) is 17.0. The Balaban J connectivity index is 1.19. The second-order valence-electron chi connectivity index (χ2n) is 17.7. The van der Waals surface area contributed by atoms with Crippen molar-refractivity contribution in [2.24, 2.45) is 40.9 Å². The monoisotopic (exact) mass is 732 g/mol. The predicted molar refractivity (Wildman–Crippen MR) is 198 cm³/mol. The summed E-state index contributed by atoms with van der Waals surface area (Å²) in [5.41, 5.74) is -0.562. The highest BCUT2D eigenvalue weighted by molar-refractivity contribution is 6.37. The van der Waals surface area contributed by atoms with E-state index in [-0.39, 0.29) is 58.8 Å². The van der Waals surface area contributed by atoms with Crippen molar-refractivity contribution in [2.45, 2.75) is 148 Å². The number of ketones is 2. The standard InChI is InChI=1S/C41H60N6O6/c1-5-10-26(34(48)39(52)44-28-16-17-28)21-25-15-18-30(25)35(49)33-29-14-9-13-27(29)23-47(33)40(53)36(41(2,3)4)46-38(51)32(24-11-7-6-8-12-24)45-37(50)31-22-42-19-20-43-31/h19-20,22,24-30,32-33,36H,5-18,21,23H2,1-4H3,(H,44,52)(H,45,50)(H,46,51). The zero-order chi connectivity index (χ0) is 37.9. The zero-order valence-electron chi connectivity index (χ0n) is 32.1. The molecule has 3 N–H and O–H groups in total. The van der Waals surface area contributed by atoms with Crippen molar-refractivity contribution in [2.75, 3.05) is 6.54 Å². The van der Waals surface area contributed by atoms with Gasteiger partial charge in [-0.1, -0.05) is 59.8 Å². The average molecular weight is 733 g/mol. The number of amides is 4. The average Bonchev–Trinajstić information content (AvgIpc) is 3.70. The first-order chi connectivity index (χ1) is 25.4. The molecule has 6 rings (SSSR count). The molecule has 12 heteroatoms. The second kappa shape index (κ2) is 16.8. The van der Waals surface area contributed by atoms with Crippen molar-refractivity contribution in [3.05, 3.63) is 24.3 Å². The van der Waals surface area contributed by atoms with Gasteiger partial charge in [0.15, 0.2) is 5.78 Å². The summed E-state index contributed by atoms with van der Waals surface area (Å²) in [6, 6.07) is -2.23. The summed E-state index contributed by atoms with van der Waals surface area (Å²) in [5, 5.41) is 8.87. The molecule has 8 atom stereocenters. The first-order valence-electron chi connectivity index (χ1n) is 20.4. The summed E-state index contributed by atoms with van der Waals surface area (Å²) in [4.78, 5) is 92.8. The fourth-order valence-corrected chi connectivity index (χ4v) is 9.62. The summed E-state index contributed by atoms with van der Waals surface area (Å²) < 4.78 is 0. The van der Waals surface area contributed by atoms with Crippen LogP contribution in [0.15, 0.2) is 18.6 Å². The Morgan fingerprint density at radius 3 is 2.26 bits per heavy atom. The first kappa shape index (κ1) is 39.0. The minimum Gasteiger partial charge on any atom is -0.347 e. The number of rotatable bonds is 15. The third-order valence-corrected chi connectivity index (χ3v) is 12.9. The van der Waals surface area contributed by atoms with Crippen LogP contribution in [0, 0.1) is 40.9 Å². The van der Waals surface area contributed by atoms with E-state index in [1.807, 2.05) is 27.7 Å². The highest BCUT2D eigenvalue weighted by atomic mass is 16.2. The molecule has 4 saturated carbocycles. The molecule has 1 aromatic rings. The van der Waals surface area contributed by atoms with Crippen molar-refractivity contribution < 1.29 is 28.8 Å². The number of likely N-dealkylation sites (tertiary alicyclic amines) is 1. The van der Waals surface area contributed by atoms with Gasteiger partial charge >= 0.3 is 0 Å². The number of Topliss-reactive ketones (excluding diaryl/α,β-unsaturated/α-hetero) is 2. The maximum absolute atomic E-state index is 14.8. The number of hydrogen-bond acceptors (Lipinski definition) is 8. The summed E-state index contributed by atoms with van der Waals surface area (Å²) in [6.45, 7) is 8.25. The quantitative estimate of drug-likeness (QED) is 0.221. The van der Waals surface area contributed by atoms with Gasteiger partial charge in [0.2, 0.25) is 17.6 Å². The maximum atomic E-state index is 14.8. The number of hydrogen-bond donors (Lipinski definition) is 3. The van der Waals surface area contributed by atoms with E-state index in [0.29, 0.717) is 25.8 Å². The van der Waals surface area contributed by atoms with E-state index in [9.17, 15) is 28.8 Å². The SMILES string of the molecule is CCCC(CC1CCC1C(=O)C1C2CCCC2CN1C(=O)C(NC(=O)C(NC(=O)c1cnccn1)C1CCCCC1)C(C)(C)C)C(=O)C(=O)NC1CC1. The Bertz CT molecular complexity index is 1520. The van der Waals surface area contributed by atoms with E-state index in [1.54, 1.807) is 4.90 Å². The number of aromatic nitrogens is 2. The predicted octanol–water partition coefficient (Wildman–Crippen LogP) is 4.56. The lowest BCUT2D eigenvalue weighted by molar-refractivity contribution is -0.148. The van der Waals surface area contributed by atoms with Crippen LogP contribution in [0.1, 0.15) is 134 Å². The Morgan fingerprint density at radius 1 is 0.887 bits per heavy atom. The van der Waals surface area contributed by atoms with E-state index >= 15 is 0 Å². The smallest absolute Gasteiger partial charge is 0.287 e. The molecule has 1 saturated heterocycles. The Kier molecular flexibility index (Phi) is 12.3. The van der Waals surface area contributed by atoms with Crippen molar-refractivity contribution in [3.63, 3.8) is 0 Å². The minimum absolute atomic E-state index is 0.00131. The van der Waals surface area contributed by atoms with Crippen LogP contribution in [0.5, 0.6) is 0 Å². The number of carbonyl (C=O) groups is 6. The van der Waals surface area contributed by atoms with Gasteiger partial charge in [0.1, 0.15) is 17.8 Å². The van der Waals surface area contributed by atoms with Crippen LogP contribution < -0.4 is 16.0 Å². The highest BCUT2D eigenvalue weighted by Crippen LogP contribution is 2.48. The number of fused-ring (bicyclic) bond motifs is 1. The maximum Gasteiger partial charge on any atom is 0.287 e. The number of nitrogens with one attached hydrogen (secondary N) is 3. The molecule has 4 aliphatic carbocycles. The third-order valence-electron chi connectivity index (χ3n) is 12.9. The molecule has 290 valence electrons. The molecule has 12 nitrogen and oxygen atoms in total. The van der Waals surface area contributed by atoms with E-state index in [1.165, 1.54) is 18.6 Å². The van der Waals surface area contributed by atoms with Crippen molar-refractivity contribution in [1.29, 1.82) is 0 Å². The van der Waals surface area contributed by atoms with Gasteiger partial charge in [0.05, 0.1) is 12.2 Å². The van der Waals surface area contributed by atoms with Crippen LogP contribution in [-0.2, 0) is 24.0 Å². The van der Waals surface area contributed by atoms with Crippen LogP contribution in [0.2, 0.25) is 0 Å². The molecule has 53 heavy (non-hydrogen) atoms. The second-order valence-corrected chi connectivity index (χ2v) is 17.7. The lowest BCUT2D eigenvalue weighted by Crippen LogP contribution is -2.61. The van der Waals surface area contributed by atoms with Crippen LogP contribution >= 0.6 is 0 Å².